The standard InChI is InChI=1S/C18H20ClN3O2/c19-15-7-3-1-5-13(15)11-17(23)20-9-10-22-18(24)12-14-6-2-4-8-16(14)21-22/h1,3,5,7,12H,2,4,6,8-11H2,(H,20,23). The smallest absolute Gasteiger partial charge is 0.267 e. The van der Waals surface area contributed by atoms with Crippen LogP contribution in [-0.2, 0) is 30.6 Å². The van der Waals surface area contributed by atoms with Crippen molar-refractivity contribution in [3.05, 3.63) is 62.5 Å². The molecule has 1 aromatic carbocycles. The summed E-state index contributed by atoms with van der Waals surface area (Å²) in [5.74, 6) is -0.117. The maximum atomic E-state index is 12.1. The van der Waals surface area contributed by atoms with E-state index in [1.54, 1.807) is 12.1 Å². The van der Waals surface area contributed by atoms with Crippen LogP contribution in [0.4, 0.5) is 0 Å². The molecule has 1 amide bonds. The number of hydrogen-bond donors (Lipinski definition) is 1. The van der Waals surface area contributed by atoms with Gasteiger partial charge in [0, 0.05) is 17.6 Å². The number of aromatic nitrogens is 2. The van der Waals surface area contributed by atoms with Crippen LogP contribution in [0.25, 0.3) is 0 Å². The van der Waals surface area contributed by atoms with Gasteiger partial charge in [-0.15, -0.1) is 0 Å². The fourth-order valence-electron chi connectivity index (χ4n) is 2.94. The van der Waals surface area contributed by atoms with Crippen molar-refractivity contribution in [2.24, 2.45) is 0 Å². The summed E-state index contributed by atoms with van der Waals surface area (Å²) in [4.78, 5) is 24.1. The van der Waals surface area contributed by atoms with Crippen LogP contribution < -0.4 is 10.9 Å². The molecular weight excluding hydrogens is 326 g/mol. The number of aryl methyl sites for hydroxylation is 2. The number of fused-ring (bicyclic) bond motifs is 1. The number of carbonyl (C=O) groups excluding carboxylic acids is 1. The Morgan fingerprint density at radius 3 is 2.88 bits per heavy atom. The summed E-state index contributed by atoms with van der Waals surface area (Å²) in [6.45, 7) is 0.745. The molecule has 1 aliphatic carbocycles. The van der Waals surface area contributed by atoms with E-state index in [1.807, 2.05) is 18.2 Å². The monoisotopic (exact) mass is 345 g/mol. The van der Waals surface area contributed by atoms with E-state index in [2.05, 4.69) is 10.4 Å². The largest absolute Gasteiger partial charge is 0.354 e. The molecule has 6 heteroatoms. The zero-order valence-corrected chi connectivity index (χ0v) is 14.2. The summed E-state index contributed by atoms with van der Waals surface area (Å²) in [6.07, 6.45) is 4.33. The first-order valence-corrected chi connectivity index (χ1v) is 8.61. The van der Waals surface area contributed by atoms with Crippen LogP contribution in [-0.4, -0.2) is 22.2 Å². The molecule has 0 fully saturated rings. The summed E-state index contributed by atoms with van der Waals surface area (Å²) in [6, 6.07) is 8.97. The van der Waals surface area contributed by atoms with Gasteiger partial charge in [0.05, 0.1) is 18.7 Å². The molecule has 5 nitrogen and oxygen atoms in total. The number of rotatable bonds is 5. The first kappa shape index (κ1) is 16.7. The highest BCUT2D eigenvalue weighted by atomic mass is 35.5. The molecule has 24 heavy (non-hydrogen) atoms. The van der Waals surface area contributed by atoms with Gasteiger partial charge in [-0.1, -0.05) is 29.8 Å². The van der Waals surface area contributed by atoms with Gasteiger partial charge in [-0.05, 0) is 42.9 Å². The highest BCUT2D eigenvalue weighted by Gasteiger charge is 2.13. The topological polar surface area (TPSA) is 64.0 Å². The van der Waals surface area contributed by atoms with Crippen molar-refractivity contribution in [1.82, 2.24) is 15.1 Å². The summed E-state index contributed by atoms with van der Waals surface area (Å²) in [5.41, 5.74) is 2.78. The van der Waals surface area contributed by atoms with E-state index in [1.165, 1.54) is 4.68 Å². The van der Waals surface area contributed by atoms with E-state index < -0.39 is 0 Å². The van der Waals surface area contributed by atoms with Crippen molar-refractivity contribution in [3.63, 3.8) is 0 Å². The van der Waals surface area contributed by atoms with Crippen molar-refractivity contribution in [1.29, 1.82) is 0 Å². The van der Waals surface area contributed by atoms with Gasteiger partial charge >= 0.3 is 0 Å². The maximum Gasteiger partial charge on any atom is 0.267 e. The van der Waals surface area contributed by atoms with Crippen LogP contribution in [0.15, 0.2) is 35.1 Å². The Kier molecular flexibility index (Phi) is 5.30. The lowest BCUT2D eigenvalue weighted by atomic mass is 9.97. The van der Waals surface area contributed by atoms with Gasteiger partial charge in [-0.3, -0.25) is 9.59 Å². The average molecular weight is 346 g/mol. The van der Waals surface area contributed by atoms with Crippen LogP contribution in [0, 0.1) is 0 Å². The van der Waals surface area contributed by atoms with Gasteiger partial charge in [0.2, 0.25) is 5.91 Å². The van der Waals surface area contributed by atoms with Gasteiger partial charge in [0.15, 0.2) is 0 Å². The molecule has 0 bridgehead atoms. The minimum atomic E-state index is -0.117. The Hall–Kier alpha value is -2.14. The molecule has 2 aromatic rings. The third-order valence-electron chi connectivity index (χ3n) is 4.23. The fourth-order valence-corrected chi connectivity index (χ4v) is 3.14. The Morgan fingerprint density at radius 1 is 1.25 bits per heavy atom. The molecule has 0 saturated carbocycles. The SMILES string of the molecule is O=C(Cc1ccccc1Cl)NCCn1nc2c(cc1=O)CCCC2. The molecule has 0 atom stereocenters. The second kappa shape index (κ2) is 7.62. The predicted molar refractivity (Wildman–Crippen MR) is 93.3 cm³/mol. The lowest BCUT2D eigenvalue weighted by molar-refractivity contribution is -0.120. The Bertz CT molecular complexity index is 801. The van der Waals surface area contributed by atoms with Crippen LogP contribution in [0.1, 0.15) is 29.7 Å². The minimum absolute atomic E-state index is 0.101. The number of halogens is 1. The van der Waals surface area contributed by atoms with E-state index in [0.29, 0.717) is 18.1 Å². The number of nitrogens with zero attached hydrogens (tertiary/aromatic N) is 2. The number of amides is 1. The molecule has 1 N–H and O–H groups in total. The summed E-state index contributed by atoms with van der Waals surface area (Å²) >= 11 is 6.05. The van der Waals surface area contributed by atoms with Crippen molar-refractivity contribution >= 4 is 17.5 Å². The summed E-state index contributed by atoms with van der Waals surface area (Å²) < 4.78 is 1.44. The van der Waals surface area contributed by atoms with Crippen LogP contribution >= 0.6 is 11.6 Å². The zero-order chi connectivity index (χ0) is 16.9. The zero-order valence-electron chi connectivity index (χ0n) is 13.4. The van der Waals surface area contributed by atoms with E-state index in [0.717, 1.165) is 42.5 Å². The second-order valence-electron chi connectivity index (χ2n) is 6.00. The minimum Gasteiger partial charge on any atom is -0.354 e. The molecule has 3 rings (SSSR count). The molecule has 1 aliphatic rings. The Morgan fingerprint density at radius 2 is 2.04 bits per heavy atom. The molecule has 126 valence electrons. The van der Waals surface area contributed by atoms with Gasteiger partial charge < -0.3 is 5.32 Å². The van der Waals surface area contributed by atoms with Crippen LogP contribution in [0.2, 0.25) is 5.02 Å². The molecule has 0 spiro atoms. The normalized spacial score (nSPS) is 13.4. The van der Waals surface area contributed by atoms with Crippen LogP contribution in [0.5, 0.6) is 0 Å². The van der Waals surface area contributed by atoms with Crippen molar-refractivity contribution in [2.75, 3.05) is 6.54 Å². The van der Waals surface area contributed by atoms with Crippen LogP contribution in [0.3, 0.4) is 0 Å². The average Bonchev–Trinajstić information content (AvgIpc) is 2.57. The number of carbonyl (C=O) groups is 1. The van der Waals surface area contributed by atoms with Gasteiger partial charge in [-0.2, -0.15) is 5.10 Å². The van der Waals surface area contributed by atoms with Crippen molar-refractivity contribution < 1.29 is 4.79 Å². The third kappa shape index (κ3) is 4.03. The molecule has 0 radical (unpaired) electrons. The predicted octanol–water partition coefficient (Wildman–Crippen LogP) is 2.13. The molecule has 1 heterocycles. The Labute approximate surface area is 145 Å². The van der Waals surface area contributed by atoms with E-state index >= 15 is 0 Å². The summed E-state index contributed by atoms with van der Waals surface area (Å²) in [5, 5.41) is 7.84. The van der Waals surface area contributed by atoms with E-state index in [9.17, 15) is 9.59 Å². The lowest BCUT2D eigenvalue weighted by Gasteiger charge is -2.16. The first-order chi connectivity index (χ1) is 11.6. The quantitative estimate of drug-likeness (QED) is 0.903. The summed E-state index contributed by atoms with van der Waals surface area (Å²) in [7, 11) is 0. The number of benzene rings is 1. The first-order valence-electron chi connectivity index (χ1n) is 8.23. The fraction of sp³-hybridized carbons (Fsp3) is 0.389. The van der Waals surface area contributed by atoms with Crippen molar-refractivity contribution in [2.45, 2.75) is 38.6 Å². The van der Waals surface area contributed by atoms with Gasteiger partial charge in [-0.25, -0.2) is 4.68 Å². The van der Waals surface area contributed by atoms with Crippen molar-refractivity contribution in [3.8, 4) is 0 Å². The number of nitrogens with one attached hydrogen (secondary N) is 1. The molecule has 0 saturated heterocycles. The highest BCUT2D eigenvalue weighted by molar-refractivity contribution is 6.31. The maximum absolute atomic E-state index is 12.1. The number of hydrogen-bond acceptors (Lipinski definition) is 3. The van der Waals surface area contributed by atoms with E-state index in [4.69, 9.17) is 11.6 Å². The lowest BCUT2D eigenvalue weighted by Crippen LogP contribution is -2.33. The third-order valence-corrected chi connectivity index (χ3v) is 4.60. The molecule has 0 unspecified atom stereocenters. The highest BCUT2D eigenvalue weighted by Crippen LogP contribution is 2.17. The van der Waals surface area contributed by atoms with Gasteiger partial charge in [0.25, 0.3) is 5.56 Å². The molecular formula is C18H20ClN3O2. The Balaban J connectivity index is 1.56. The van der Waals surface area contributed by atoms with E-state index in [-0.39, 0.29) is 17.9 Å². The second-order valence-corrected chi connectivity index (χ2v) is 6.41. The molecule has 1 aromatic heterocycles. The van der Waals surface area contributed by atoms with Gasteiger partial charge in [0.1, 0.15) is 0 Å². The molecule has 0 aliphatic heterocycles.